The number of rotatable bonds is 4. The lowest BCUT2D eigenvalue weighted by Crippen LogP contribution is -2.34. The number of nitrogens with zero attached hydrogens (tertiary/aromatic N) is 7. The van der Waals surface area contributed by atoms with Crippen molar-refractivity contribution in [3.63, 3.8) is 0 Å². The van der Waals surface area contributed by atoms with Gasteiger partial charge in [0.1, 0.15) is 11.6 Å². The fourth-order valence-electron chi connectivity index (χ4n) is 3.86. The van der Waals surface area contributed by atoms with Crippen LogP contribution in [-0.4, -0.2) is 42.9 Å². The Morgan fingerprint density at radius 3 is 2.52 bits per heavy atom. The van der Waals surface area contributed by atoms with E-state index in [1.165, 1.54) is 18.5 Å². The second-order valence-electron chi connectivity index (χ2n) is 8.05. The normalized spacial score (nSPS) is 18.6. The molecule has 3 aromatic heterocycles. The molecule has 3 aromatic rings. The molecule has 4 heterocycles. The molecule has 0 atom stereocenters. The molecule has 1 saturated carbocycles. The SMILES string of the molecule is CC(C)c1nccc(N2CCC(c3nnc4ccc(C5CC5)nn34)CC2)n1. The monoisotopic (exact) mass is 363 g/mol. The summed E-state index contributed by atoms with van der Waals surface area (Å²) >= 11 is 0. The molecule has 27 heavy (non-hydrogen) atoms. The highest BCUT2D eigenvalue weighted by atomic mass is 15.4. The largest absolute Gasteiger partial charge is 0.356 e. The lowest BCUT2D eigenvalue weighted by Gasteiger charge is -2.32. The first-order valence-electron chi connectivity index (χ1n) is 9.99. The summed E-state index contributed by atoms with van der Waals surface area (Å²) < 4.78 is 1.98. The van der Waals surface area contributed by atoms with E-state index in [0.717, 1.165) is 49.0 Å². The fourth-order valence-corrected chi connectivity index (χ4v) is 3.86. The maximum atomic E-state index is 4.84. The molecule has 0 amide bonds. The summed E-state index contributed by atoms with van der Waals surface area (Å²) in [6, 6.07) is 6.18. The first-order chi connectivity index (χ1) is 13.2. The Morgan fingerprint density at radius 2 is 1.78 bits per heavy atom. The Morgan fingerprint density at radius 1 is 0.963 bits per heavy atom. The van der Waals surface area contributed by atoms with E-state index in [9.17, 15) is 0 Å². The predicted octanol–water partition coefficient (Wildman–Crippen LogP) is 3.30. The van der Waals surface area contributed by atoms with E-state index in [2.05, 4.69) is 46.1 Å². The molecule has 7 nitrogen and oxygen atoms in total. The quantitative estimate of drug-likeness (QED) is 0.708. The highest BCUT2D eigenvalue weighted by molar-refractivity contribution is 5.40. The summed E-state index contributed by atoms with van der Waals surface area (Å²) in [6.45, 7) is 6.20. The minimum absolute atomic E-state index is 0.344. The predicted molar refractivity (Wildman–Crippen MR) is 103 cm³/mol. The number of piperidine rings is 1. The highest BCUT2D eigenvalue weighted by Crippen LogP contribution is 2.39. The van der Waals surface area contributed by atoms with Crippen LogP contribution in [0.3, 0.4) is 0 Å². The zero-order valence-corrected chi connectivity index (χ0v) is 15.9. The zero-order valence-electron chi connectivity index (χ0n) is 15.9. The van der Waals surface area contributed by atoms with E-state index in [0.29, 0.717) is 17.8 Å². The fraction of sp³-hybridized carbons (Fsp3) is 0.550. The minimum Gasteiger partial charge on any atom is -0.356 e. The molecule has 140 valence electrons. The Bertz CT molecular complexity index is 952. The molecule has 7 heteroatoms. The third kappa shape index (κ3) is 3.15. The first-order valence-corrected chi connectivity index (χ1v) is 9.99. The van der Waals surface area contributed by atoms with Gasteiger partial charge in [-0.05, 0) is 43.9 Å². The summed E-state index contributed by atoms with van der Waals surface area (Å²) in [5.41, 5.74) is 2.04. The van der Waals surface area contributed by atoms with Gasteiger partial charge in [-0.3, -0.25) is 0 Å². The van der Waals surface area contributed by atoms with Gasteiger partial charge in [-0.1, -0.05) is 13.8 Å². The maximum absolute atomic E-state index is 4.84. The summed E-state index contributed by atoms with van der Waals surface area (Å²) in [7, 11) is 0. The molecule has 0 unspecified atom stereocenters. The van der Waals surface area contributed by atoms with Crippen molar-refractivity contribution in [2.75, 3.05) is 18.0 Å². The molecule has 0 aromatic carbocycles. The maximum Gasteiger partial charge on any atom is 0.177 e. The van der Waals surface area contributed by atoms with E-state index in [-0.39, 0.29) is 0 Å². The Kier molecular flexibility index (Phi) is 4.02. The standard InChI is InChI=1S/C20H25N7/c1-13(2)19-21-10-7-17(22-19)26-11-8-15(9-12-26)20-24-23-18-6-5-16(14-3-4-14)25-27(18)20/h5-7,10,13-15H,3-4,8-9,11-12H2,1-2H3. The van der Waals surface area contributed by atoms with Crippen LogP contribution in [0.5, 0.6) is 0 Å². The molecular formula is C20H25N7. The van der Waals surface area contributed by atoms with Crippen molar-refractivity contribution >= 4 is 11.5 Å². The van der Waals surface area contributed by atoms with Crippen molar-refractivity contribution in [1.29, 1.82) is 0 Å². The molecule has 5 rings (SSSR count). The molecule has 1 aliphatic heterocycles. The number of hydrogen-bond acceptors (Lipinski definition) is 6. The van der Waals surface area contributed by atoms with Gasteiger partial charge in [-0.25, -0.2) is 9.97 Å². The van der Waals surface area contributed by atoms with Crippen LogP contribution in [0.1, 0.15) is 74.6 Å². The lowest BCUT2D eigenvalue weighted by molar-refractivity contribution is 0.473. The van der Waals surface area contributed by atoms with E-state index in [1.54, 1.807) is 0 Å². The molecular weight excluding hydrogens is 338 g/mol. The smallest absolute Gasteiger partial charge is 0.177 e. The van der Waals surface area contributed by atoms with Crippen molar-refractivity contribution in [2.24, 2.45) is 0 Å². The number of aromatic nitrogens is 6. The van der Waals surface area contributed by atoms with Crippen molar-refractivity contribution in [2.45, 2.75) is 57.3 Å². The lowest BCUT2D eigenvalue weighted by atomic mass is 9.96. The van der Waals surface area contributed by atoms with Gasteiger partial charge in [0, 0.05) is 37.0 Å². The first kappa shape index (κ1) is 16.6. The van der Waals surface area contributed by atoms with Gasteiger partial charge < -0.3 is 4.90 Å². The molecule has 0 spiro atoms. The van der Waals surface area contributed by atoms with Crippen LogP contribution in [-0.2, 0) is 0 Å². The molecule has 1 aliphatic carbocycles. The molecule has 2 aliphatic rings. The minimum atomic E-state index is 0.344. The van der Waals surface area contributed by atoms with Crippen molar-refractivity contribution in [3.05, 3.63) is 41.7 Å². The van der Waals surface area contributed by atoms with Crippen molar-refractivity contribution in [1.82, 2.24) is 29.8 Å². The number of anilines is 1. The second-order valence-corrected chi connectivity index (χ2v) is 8.05. The van der Waals surface area contributed by atoms with E-state index < -0.39 is 0 Å². The van der Waals surface area contributed by atoms with Crippen LogP contribution in [0, 0.1) is 0 Å². The second kappa shape index (κ2) is 6.55. The summed E-state index contributed by atoms with van der Waals surface area (Å²) in [5.74, 6) is 4.33. The molecule has 0 radical (unpaired) electrons. The third-order valence-electron chi connectivity index (χ3n) is 5.66. The van der Waals surface area contributed by atoms with Crippen LogP contribution in [0.4, 0.5) is 5.82 Å². The van der Waals surface area contributed by atoms with Crippen LogP contribution in [0.25, 0.3) is 5.65 Å². The van der Waals surface area contributed by atoms with Gasteiger partial charge in [0.15, 0.2) is 11.5 Å². The van der Waals surface area contributed by atoms with Gasteiger partial charge in [-0.2, -0.15) is 9.61 Å². The van der Waals surface area contributed by atoms with Crippen LogP contribution < -0.4 is 4.90 Å². The van der Waals surface area contributed by atoms with Crippen molar-refractivity contribution < 1.29 is 0 Å². The van der Waals surface area contributed by atoms with E-state index >= 15 is 0 Å². The van der Waals surface area contributed by atoms with Crippen LogP contribution in [0.2, 0.25) is 0 Å². The molecule has 2 fully saturated rings. The third-order valence-corrected chi connectivity index (χ3v) is 5.66. The van der Waals surface area contributed by atoms with Gasteiger partial charge >= 0.3 is 0 Å². The topological polar surface area (TPSA) is 72.1 Å². The van der Waals surface area contributed by atoms with Gasteiger partial charge in [0.05, 0.1) is 5.69 Å². The summed E-state index contributed by atoms with van der Waals surface area (Å²) in [4.78, 5) is 11.5. The summed E-state index contributed by atoms with van der Waals surface area (Å²) in [6.07, 6.45) is 6.46. The van der Waals surface area contributed by atoms with Gasteiger partial charge in [0.2, 0.25) is 0 Å². The summed E-state index contributed by atoms with van der Waals surface area (Å²) in [5, 5.41) is 13.7. The van der Waals surface area contributed by atoms with Crippen molar-refractivity contribution in [3.8, 4) is 0 Å². The van der Waals surface area contributed by atoms with Gasteiger partial charge in [0.25, 0.3) is 0 Å². The molecule has 1 saturated heterocycles. The zero-order chi connectivity index (χ0) is 18.4. The van der Waals surface area contributed by atoms with E-state index in [1.807, 2.05) is 16.8 Å². The Labute approximate surface area is 158 Å². The number of hydrogen-bond donors (Lipinski definition) is 0. The Hall–Kier alpha value is -2.57. The van der Waals surface area contributed by atoms with Gasteiger partial charge in [-0.15, -0.1) is 10.2 Å². The molecule has 0 bridgehead atoms. The highest BCUT2D eigenvalue weighted by Gasteiger charge is 2.28. The Balaban J connectivity index is 1.34. The van der Waals surface area contributed by atoms with Crippen LogP contribution >= 0.6 is 0 Å². The average molecular weight is 363 g/mol. The molecule has 0 N–H and O–H groups in total. The number of fused-ring (bicyclic) bond motifs is 1. The average Bonchev–Trinajstić information content (AvgIpc) is 3.47. The van der Waals surface area contributed by atoms with Crippen LogP contribution in [0.15, 0.2) is 24.4 Å². The van der Waals surface area contributed by atoms with E-state index in [4.69, 9.17) is 10.1 Å².